The van der Waals surface area contributed by atoms with Gasteiger partial charge in [0.15, 0.2) is 9.84 Å². The number of sulfone groups is 1. The summed E-state index contributed by atoms with van der Waals surface area (Å²) in [6.07, 6.45) is 0.361. The summed E-state index contributed by atoms with van der Waals surface area (Å²) in [4.78, 5) is 19.6. The Labute approximate surface area is 129 Å². The van der Waals surface area contributed by atoms with Gasteiger partial charge in [0.1, 0.15) is 0 Å². The SMILES string of the molecule is O=C(N1CC2CCS(=O)(=O)CC2C1)N1OC1c1ccccc1. The van der Waals surface area contributed by atoms with Gasteiger partial charge in [0.25, 0.3) is 0 Å². The lowest BCUT2D eigenvalue weighted by atomic mass is 9.95. The molecule has 3 aliphatic rings. The zero-order valence-electron chi connectivity index (χ0n) is 12.1. The Balaban J connectivity index is 1.41. The van der Waals surface area contributed by atoms with E-state index in [0.29, 0.717) is 25.4 Å². The molecule has 3 aliphatic heterocycles. The summed E-state index contributed by atoms with van der Waals surface area (Å²) >= 11 is 0. The van der Waals surface area contributed by atoms with Crippen molar-refractivity contribution < 1.29 is 18.0 Å². The molecule has 0 aliphatic carbocycles. The molecule has 2 amide bonds. The molecular formula is C15H18N2O4S. The van der Waals surface area contributed by atoms with Crippen LogP contribution in [0.2, 0.25) is 0 Å². The van der Waals surface area contributed by atoms with Crippen molar-refractivity contribution in [3.8, 4) is 0 Å². The highest BCUT2D eigenvalue weighted by Crippen LogP contribution is 2.40. The van der Waals surface area contributed by atoms with Gasteiger partial charge in [0.05, 0.1) is 11.5 Å². The molecule has 3 fully saturated rings. The molecule has 1 aromatic rings. The van der Waals surface area contributed by atoms with Crippen LogP contribution in [0, 0.1) is 11.8 Å². The van der Waals surface area contributed by atoms with Crippen LogP contribution in [0.25, 0.3) is 0 Å². The van der Waals surface area contributed by atoms with Crippen LogP contribution in [0.4, 0.5) is 4.79 Å². The molecular weight excluding hydrogens is 304 g/mol. The Kier molecular flexibility index (Phi) is 3.16. The number of carbonyl (C=O) groups excluding carboxylic acids is 1. The summed E-state index contributed by atoms with van der Waals surface area (Å²) in [5, 5.41) is 1.38. The first-order valence-corrected chi connectivity index (χ1v) is 9.36. The summed E-state index contributed by atoms with van der Waals surface area (Å²) in [7, 11) is -2.93. The van der Waals surface area contributed by atoms with E-state index in [9.17, 15) is 13.2 Å². The molecule has 1 aromatic carbocycles. The molecule has 6 nitrogen and oxygen atoms in total. The van der Waals surface area contributed by atoms with Crippen molar-refractivity contribution in [2.45, 2.75) is 12.6 Å². The van der Waals surface area contributed by atoms with Gasteiger partial charge in [-0.2, -0.15) is 5.06 Å². The van der Waals surface area contributed by atoms with Gasteiger partial charge in [0.2, 0.25) is 6.23 Å². The van der Waals surface area contributed by atoms with Gasteiger partial charge < -0.3 is 4.90 Å². The molecule has 3 heterocycles. The Morgan fingerprint density at radius 1 is 1.14 bits per heavy atom. The van der Waals surface area contributed by atoms with Gasteiger partial charge in [0, 0.05) is 18.7 Å². The predicted octanol–water partition coefficient (Wildman–Crippen LogP) is 1.42. The highest BCUT2D eigenvalue weighted by molar-refractivity contribution is 7.91. The highest BCUT2D eigenvalue weighted by atomic mass is 32.2. The van der Waals surface area contributed by atoms with E-state index in [4.69, 9.17) is 4.84 Å². The third kappa shape index (κ3) is 2.48. The highest BCUT2D eigenvalue weighted by Gasteiger charge is 2.48. The van der Waals surface area contributed by atoms with Crippen molar-refractivity contribution in [2.75, 3.05) is 24.6 Å². The molecule has 3 saturated heterocycles. The smallest absolute Gasteiger partial charge is 0.322 e. The molecule has 4 rings (SSSR count). The first-order valence-electron chi connectivity index (χ1n) is 7.54. The van der Waals surface area contributed by atoms with Crippen LogP contribution in [0.5, 0.6) is 0 Å². The molecule has 7 heteroatoms. The number of fused-ring (bicyclic) bond motifs is 1. The van der Waals surface area contributed by atoms with E-state index in [2.05, 4.69) is 0 Å². The van der Waals surface area contributed by atoms with E-state index >= 15 is 0 Å². The first-order chi connectivity index (χ1) is 10.5. The third-order valence-corrected chi connectivity index (χ3v) is 6.56. The normalized spacial score (nSPS) is 32.6. The van der Waals surface area contributed by atoms with E-state index in [-0.39, 0.29) is 29.7 Å². The fourth-order valence-corrected chi connectivity index (χ4v) is 5.39. The topological polar surface area (TPSA) is 70.0 Å². The molecule has 3 unspecified atom stereocenters. The second-order valence-corrected chi connectivity index (χ2v) is 8.53. The standard InChI is InChI=1S/C15H18N2O4S/c18-15(17-14(21-17)11-4-2-1-3-5-11)16-8-12-6-7-22(19,20)10-13(12)9-16/h1-5,12-14H,6-10H2. The minimum Gasteiger partial charge on any atom is -0.322 e. The molecule has 0 bridgehead atoms. The van der Waals surface area contributed by atoms with Gasteiger partial charge in [-0.3, -0.25) is 0 Å². The van der Waals surface area contributed by atoms with Crippen molar-refractivity contribution in [3.05, 3.63) is 35.9 Å². The minimum absolute atomic E-state index is 0.0813. The second-order valence-electron chi connectivity index (χ2n) is 6.31. The number of hydrogen-bond donors (Lipinski definition) is 0. The van der Waals surface area contributed by atoms with E-state index in [1.165, 1.54) is 5.06 Å². The lowest BCUT2D eigenvalue weighted by Gasteiger charge is -2.23. The Morgan fingerprint density at radius 3 is 2.64 bits per heavy atom. The van der Waals surface area contributed by atoms with Crippen molar-refractivity contribution in [1.82, 2.24) is 9.96 Å². The Hall–Kier alpha value is -1.60. The predicted molar refractivity (Wildman–Crippen MR) is 79.3 cm³/mol. The molecule has 118 valence electrons. The molecule has 0 saturated carbocycles. The van der Waals surface area contributed by atoms with Crippen LogP contribution >= 0.6 is 0 Å². The van der Waals surface area contributed by atoms with E-state index in [0.717, 1.165) is 5.56 Å². The summed E-state index contributed by atoms with van der Waals surface area (Å²) < 4.78 is 23.4. The molecule has 0 spiro atoms. The number of benzene rings is 1. The van der Waals surface area contributed by atoms with Crippen LogP contribution in [0.1, 0.15) is 18.2 Å². The lowest BCUT2D eigenvalue weighted by molar-refractivity contribution is 0.144. The molecule has 0 radical (unpaired) electrons. The lowest BCUT2D eigenvalue weighted by Crippen LogP contribution is -2.33. The molecule has 22 heavy (non-hydrogen) atoms. The van der Waals surface area contributed by atoms with Gasteiger partial charge >= 0.3 is 6.03 Å². The van der Waals surface area contributed by atoms with Crippen LogP contribution in [0.3, 0.4) is 0 Å². The second kappa shape index (κ2) is 4.96. The summed E-state index contributed by atoms with van der Waals surface area (Å²) in [6, 6.07) is 9.44. The maximum absolute atomic E-state index is 12.5. The Bertz CT molecular complexity index is 691. The Morgan fingerprint density at radius 2 is 1.86 bits per heavy atom. The van der Waals surface area contributed by atoms with Crippen LogP contribution in [-0.2, 0) is 14.7 Å². The fraction of sp³-hybridized carbons (Fsp3) is 0.533. The minimum atomic E-state index is -2.93. The van der Waals surface area contributed by atoms with Gasteiger partial charge in [-0.05, 0) is 18.3 Å². The summed E-state index contributed by atoms with van der Waals surface area (Å²) in [6.45, 7) is 1.16. The number of hydrogen-bond acceptors (Lipinski definition) is 4. The number of hydroxylamine groups is 2. The van der Waals surface area contributed by atoms with E-state index in [1.807, 2.05) is 30.3 Å². The zero-order valence-corrected chi connectivity index (χ0v) is 12.9. The van der Waals surface area contributed by atoms with Crippen LogP contribution in [-0.4, -0.2) is 49.0 Å². The number of rotatable bonds is 1. The van der Waals surface area contributed by atoms with Gasteiger partial charge in [-0.15, -0.1) is 0 Å². The number of likely N-dealkylation sites (tertiary alicyclic amines) is 1. The fourth-order valence-electron chi connectivity index (χ4n) is 3.53. The maximum atomic E-state index is 12.5. The van der Waals surface area contributed by atoms with Crippen molar-refractivity contribution in [1.29, 1.82) is 0 Å². The van der Waals surface area contributed by atoms with Crippen molar-refractivity contribution >= 4 is 15.9 Å². The number of nitrogens with zero attached hydrogens (tertiary/aromatic N) is 2. The van der Waals surface area contributed by atoms with Gasteiger partial charge in [-0.25, -0.2) is 18.0 Å². The number of urea groups is 1. The summed E-state index contributed by atoms with van der Waals surface area (Å²) in [5.74, 6) is 0.855. The van der Waals surface area contributed by atoms with E-state index < -0.39 is 9.84 Å². The summed E-state index contributed by atoms with van der Waals surface area (Å²) in [5.41, 5.74) is 0.954. The van der Waals surface area contributed by atoms with Crippen molar-refractivity contribution in [3.63, 3.8) is 0 Å². The third-order valence-electron chi connectivity index (χ3n) is 4.77. The first kappa shape index (κ1) is 14.0. The molecule has 3 atom stereocenters. The molecule has 0 aromatic heterocycles. The number of carbonyl (C=O) groups is 1. The average molecular weight is 322 g/mol. The van der Waals surface area contributed by atoms with Crippen LogP contribution in [0.15, 0.2) is 30.3 Å². The number of amides is 2. The van der Waals surface area contributed by atoms with Gasteiger partial charge in [-0.1, -0.05) is 30.3 Å². The quantitative estimate of drug-likeness (QED) is 0.733. The monoisotopic (exact) mass is 322 g/mol. The largest absolute Gasteiger partial charge is 0.346 e. The zero-order chi connectivity index (χ0) is 15.3. The van der Waals surface area contributed by atoms with Crippen molar-refractivity contribution in [2.24, 2.45) is 11.8 Å². The molecule has 0 N–H and O–H groups in total. The van der Waals surface area contributed by atoms with E-state index in [1.54, 1.807) is 4.90 Å². The average Bonchev–Trinajstić information content (AvgIpc) is 3.20. The van der Waals surface area contributed by atoms with Crippen LogP contribution < -0.4 is 0 Å². The maximum Gasteiger partial charge on any atom is 0.346 e.